The van der Waals surface area contributed by atoms with Gasteiger partial charge < -0.3 is 10.6 Å². The van der Waals surface area contributed by atoms with Crippen LogP contribution in [0.5, 0.6) is 0 Å². The third kappa shape index (κ3) is 3.11. The molecule has 1 saturated heterocycles. The third-order valence-corrected chi connectivity index (χ3v) is 4.99. The van der Waals surface area contributed by atoms with Gasteiger partial charge >= 0.3 is 0 Å². The van der Waals surface area contributed by atoms with Gasteiger partial charge in [-0.05, 0) is 26.7 Å². The molecule has 0 aromatic rings. The molecule has 0 radical (unpaired) electrons. The molecule has 4 nitrogen and oxygen atoms in total. The molecule has 19 heavy (non-hydrogen) atoms. The normalized spacial score (nSPS) is 24.7. The van der Waals surface area contributed by atoms with E-state index in [4.69, 9.17) is 5.73 Å². The zero-order valence-electron chi connectivity index (χ0n) is 12.5. The van der Waals surface area contributed by atoms with Crippen LogP contribution in [0.3, 0.4) is 0 Å². The summed E-state index contributed by atoms with van der Waals surface area (Å²) < 4.78 is 0. The summed E-state index contributed by atoms with van der Waals surface area (Å²) in [5, 5.41) is 0. The van der Waals surface area contributed by atoms with Gasteiger partial charge in [-0.15, -0.1) is 0 Å². The number of amides is 1. The van der Waals surface area contributed by atoms with Gasteiger partial charge in [0.1, 0.15) is 0 Å². The van der Waals surface area contributed by atoms with E-state index in [9.17, 15) is 4.79 Å². The van der Waals surface area contributed by atoms with E-state index in [1.807, 2.05) is 0 Å². The first-order valence-electron chi connectivity index (χ1n) is 7.82. The van der Waals surface area contributed by atoms with E-state index < -0.39 is 0 Å². The van der Waals surface area contributed by atoms with Crippen molar-refractivity contribution in [2.75, 3.05) is 32.7 Å². The molecule has 0 aromatic carbocycles. The third-order valence-electron chi connectivity index (χ3n) is 4.99. The van der Waals surface area contributed by atoms with Gasteiger partial charge in [-0.1, -0.05) is 19.3 Å². The molecule has 1 heterocycles. The second-order valence-corrected chi connectivity index (χ2v) is 6.47. The lowest BCUT2D eigenvalue weighted by atomic mass is 9.73. The molecule has 110 valence electrons. The molecule has 1 aliphatic heterocycles. The van der Waals surface area contributed by atoms with E-state index >= 15 is 0 Å². The van der Waals surface area contributed by atoms with E-state index in [2.05, 4.69) is 23.6 Å². The molecule has 0 bridgehead atoms. The van der Waals surface area contributed by atoms with E-state index in [1.165, 1.54) is 6.42 Å². The molecule has 2 rings (SSSR count). The summed E-state index contributed by atoms with van der Waals surface area (Å²) >= 11 is 0. The van der Waals surface area contributed by atoms with Crippen LogP contribution in [0, 0.1) is 5.41 Å². The Hall–Kier alpha value is -0.610. The fourth-order valence-corrected chi connectivity index (χ4v) is 3.51. The number of nitrogens with zero attached hydrogens (tertiary/aromatic N) is 2. The fraction of sp³-hybridized carbons (Fsp3) is 0.933. The number of carbonyl (C=O) groups is 1. The van der Waals surface area contributed by atoms with Gasteiger partial charge in [0.25, 0.3) is 0 Å². The van der Waals surface area contributed by atoms with Gasteiger partial charge in [-0.25, -0.2) is 0 Å². The van der Waals surface area contributed by atoms with Crippen LogP contribution in [0.1, 0.15) is 46.0 Å². The molecule has 2 aliphatic rings. The van der Waals surface area contributed by atoms with Crippen LogP contribution >= 0.6 is 0 Å². The largest absolute Gasteiger partial charge is 0.340 e. The fourth-order valence-electron chi connectivity index (χ4n) is 3.51. The van der Waals surface area contributed by atoms with Gasteiger partial charge in [0.15, 0.2) is 0 Å². The number of rotatable bonds is 3. The average Bonchev–Trinajstić information content (AvgIpc) is 2.47. The minimum Gasteiger partial charge on any atom is -0.340 e. The highest BCUT2D eigenvalue weighted by molar-refractivity contribution is 5.83. The van der Waals surface area contributed by atoms with E-state index in [-0.39, 0.29) is 5.41 Å². The first-order chi connectivity index (χ1) is 9.09. The first-order valence-corrected chi connectivity index (χ1v) is 7.82. The molecular weight excluding hydrogens is 238 g/mol. The second kappa shape index (κ2) is 6.23. The number of piperazine rings is 1. The lowest BCUT2D eigenvalue weighted by Crippen LogP contribution is -2.56. The molecule has 1 amide bonds. The quantitative estimate of drug-likeness (QED) is 0.842. The summed E-state index contributed by atoms with van der Waals surface area (Å²) in [5.41, 5.74) is 5.73. The van der Waals surface area contributed by atoms with Crippen molar-refractivity contribution in [3.05, 3.63) is 0 Å². The summed E-state index contributed by atoms with van der Waals surface area (Å²) in [5.74, 6) is 0.332. The standard InChI is InChI=1S/C15H29N3O/c1-13(2)17-8-10-18(11-9-17)14(19)15(12-16)6-4-3-5-7-15/h13H,3-12,16H2,1-2H3. The van der Waals surface area contributed by atoms with Crippen LogP contribution in [0.15, 0.2) is 0 Å². The van der Waals surface area contributed by atoms with Crippen LogP contribution in [0.4, 0.5) is 0 Å². The monoisotopic (exact) mass is 267 g/mol. The van der Waals surface area contributed by atoms with Crippen molar-refractivity contribution in [2.24, 2.45) is 11.1 Å². The summed E-state index contributed by atoms with van der Waals surface area (Å²) in [6.07, 6.45) is 5.57. The molecule has 1 saturated carbocycles. The Morgan fingerprint density at radius 2 is 1.68 bits per heavy atom. The zero-order valence-corrected chi connectivity index (χ0v) is 12.5. The maximum absolute atomic E-state index is 12.8. The molecule has 0 unspecified atom stereocenters. The minimum absolute atomic E-state index is 0.238. The molecule has 1 aliphatic carbocycles. The molecule has 0 spiro atoms. The molecule has 2 fully saturated rings. The number of hydrogen-bond donors (Lipinski definition) is 1. The summed E-state index contributed by atoms with van der Waals surface area (Å²) in [4.78, 5) is 17.3. The Morgan fingerprint density at radius 1 is 1.11 bits per heavy atom. The van der Waals surface area contributed by atoms with Crippen molar-refractivity contribution in [2.45, 2.75) is 52.0 Å². The number of carbonyl (C=O) groups excluding carboxylic acids is 1. The van der Waals surface area contributed by atoms with Crippen molar-refractivity contribution in [3.63, 3.8) is 0 Å². The van der Waals surface area contributed by atoms with Crippen LogP contribution in [-0.2, 0) is 4.79 Å². The predicted molar refractivity (Wildman–Crippen MR) is 77.9 cm³/mol. The Labute approximate surface area is 117 Å². The van der Waals surface area contributed by atoms with Gasteiger partial charge in [0.2, 0.25) is 5.91 Å². The van der Waals surface area contributed by atoms with Crippen molar-refractivity contribution < 1.29 is 4.79 Å². The van der Waals surface area contributed by atoms with E-state index in [0.717, 1.165) is 51.9 Å². The number of hydrogen-bond acceptors (Lipinski definition) is 3. The van der Waals surface area contributed by atoms with Crippen molar-refractivity contribution in [1.29, 1.82) is 0 Å². The molecule has 0 aromatic heterocycles. The van der Waals surface area contributed by atoms with Crippen molar-refractivity contribution in [3.8, 4) is 0 Å². The lowest BCUT2D eigenvalue weighted by Gasteiger charge is -2.43. The highest BCUT2D eigenvalue weighted by Crippen LogP contribution is 2.37. The van der Waals surface area contributed by atoms with Gasteiger partial charge in [-0.3, -0.25) is 9.69 Å². The van der Waals surface area contributed by atoms with Gasteiger partial charge in [-0.2, -0.15) is 0 Å². The maximum atomic E-state index is 12.8. The second-order valence-electron chi connectivity index (χ2n) is 6.47. The zero-order chi connectivity index (χ0) is 13.9. The van der Waals surface area contributed by atoms with Crippen LogP contribution in [-0.4, -0.2) is 54.5 Å². The maximum Gasteiger partial charge on any atom is 0.230 e. The smallest absolute Gasteiger partial charge is 0.230 e. The topological polar surface area (TPSA) is 49.6 Å². The average molecular weight is 267 g/mol. The van der Waals surface area contributed by atoms with Crippen LogP contribution in [0.2, 0.25) is 0 Å². The molecular formula is C15H29N3O. The van der Waals surface area contributed by atoms with Crippen molar-refractivity contribution in [1.82, 2.24) is 9.80 Å². The summed E-state index contributed by atoms with van der Waals surface area (Å²) in [6.45, 7) is 8.72. The minimum atomic E-state index is -0.238. The SMILES string of the molecule is CC(C)N1CCN(C(=O)C2(CN)CCCCC2)CC1. The highest BCUT2D eigenvalue weighted by Gasteiger charge is 2.41. The molecule has 4 heteroatoms. The highest BCUT2D eigenvalue weighted by atomic mass is 16.2. The predicted octanol–water partition coefficient (Wildman–Crippen LogP) is 1.45. The van der Waals surface area contributed by atoms with E-state index in [1.54, 1.807) is 0 Å². The summed E-state index contributed by atoms with van der Waals surface area (Å²) in [7, 11) is 0. The Balaban J connectivity index is 1.96. The van der Waals surface area contributed by atoms with E-state index in [0.29, 0.717) is 18.5 Å². The summed E-state index contributed by atoms with van der Waals surface area (Å²) in [6, 6.07) is 0.579. The first kappa shape index (κ1) is 14.8. The lowest BCUT2D eigenvalue weighted by molar-refractivity contribution is -0.145. The Kier molecular flexibility index (Phi) is 4.85. The Bertz CT molecular complexity index is 303. The molecule has 2 N–H and O–H groups in total. The van der Waals surface area contributed by atoms with Gasteiger partial charge in [0.05, 0.1) is 5.41 Å². The van der Waals surface area contributed by atoms with Crippen LogP contribution < -0.4 is 5.73 Å². The van der Waals surface area contributed by atoms with Crippen molar-refractivity contribution >= 4 is 5.91 Å². The molecule has 0 atom stereocenters. The van der Waals surface area contributed by atoms with Gasteiger partial charge in [0, 0.05) is 38.8 Å². The van der Waals surface area contributed by atoms with Crippen LogP contribution in [0.25, 0.3) is 0 Å². The Morgan fingerprint density at radius 3 is 2.16 bits per heavy atom. The number of nitrogens with two attached hydrogens (primary N) is 1.